The predicted molar refractivity (Wildman–Crippen MR) is 69.1 cm³/mol. The van der Waals surface area contributed by atoms with E-state index in [0.717, 1.165) is 39.1 Å². The van der Waals surface area contributed by atoms with Crippen LogP contribution in [0.2, 0.25) is 0 Å². The number of rotatable bonds is 4. The largest absolute Gasteiger partial charge is 0.314 e. The first kappa shape index (κ1) is 14.2. The van der Waals surface area contributed by atoms with Gasteiger partial charge in [0.25, 0.3) is 5.92 Å². The molecule has 0 aromatic heterocycles. The Morgan fingerprint density at radius 2 is 1.94 bits per heavy atom. The van der Waals surface area contributed by atoms with E-state index in [-0.39, 0.29) is 6.42 Å². The summed E-state index contributed by atoms with van der Waals surface area (Å²) in [6, 6.07) is 0. The molecular weight excluding hydrogens is 236 g/mol. The standard InChI is InChI=1S/C13H25F2N3/c1-17-7-2-3-12(11-17)13(14,15)4-8-18-9-5-16-6-10-18/h12,16H,2-11H2,1H3. The van der Waals surface area contributed by atoms with Gasteiger partial charge in [0.1, 0.15) is 0 Å². The molecular formula is C13H25F2N3. The molecule has 0 aromatic carbocycles. The molecule has 2 aliphatic heterocycles. The lowest BCUT2D eigenvalue weighted by atomic mass is 9.90. The van der Waals surface area contributed by atoms with Crippen molar-refractivity contribution >= 4 is 0 Å². The van der Waals surface area contributed by atoms with Crippen molar-refractivity contribution in [3.63, 3.8) is 0 Å². The molecule has 0 bridgehead atoms. The van der Waals surface area contributed by atoms with Gasteiger partial charge in [-0.05, 0) is 26.4 Å². The number of halogens is 2. The SMILES string of the molecule is CN1CCCC(C(F)(F)CCN2CCNCC2)C1. The summed E-state index contributed by atoms with van der Waals surface area (Å²) in [7, 11) is 1.94. The third-order valence-electron chi connectivity index (χ3n) is 4.19. The molecule has 0 aliphatic carbocycles. The number of nitrogens with one attached hydrogen (secondary N) is 1. The third kappa shape index (κ3) is 3.87. The first-order valence-corrected chi connectivity index (χ1v) is 7.07. The van der Waals surface area contributed by atoms with Crippen molar-refractivity contribution in [3.8, 4) is 0 Å². The summed E-state index contributed by atoms with van der Waals surface area (Å²) < 4.78 is 28.3. The van der Waals surface area contributed by atoms with Gasteiger partial charge in [0.15, 0.2) is 0 Å². The highest BCUT2D eigenvalue weighted by molar-refractivity contribution is 4.84. The van der Waals surface area contributed by atoms with E-state index in [2.05, 4.69) is 10.2 Å². The van der Waals surface area contributed by atoms with Crippen LogP contribution >= 0.6 is 0 Å². The zero-order valence-electron chi connectivity index (χ0n) is 11.3. The normalized spacial score (nSPS) is 28.5. The molecule has 0 saturated carbocycles. The van der Waals surface area contributed by atoms with Gasteiger partial charge in [-0.3, -0.25) is 0 Å². The minimum atomic E-state index is -2.50. The molecule has 1 unspecified atom stereocenters. The number of alkyl halides is 2. The van der Waals surface area contributed by atoms with Crippen LogP contribution in [0, 0.1) is 5.92 Å². The fraction of sp³-hybridized carbons (Fsp3) is 1.00. The Labute approximate surface area is 109 Å². The number of nitrogens with zero attached hydrogens (tertiary/aromatic N) is 2. The van der Waals surface area contributed by atoms with Crippen LogP contribution in [0.25, 0.3) is 0 Å². The zero-order chi connectivity index (χ0) is 13.0. The first-order chi connectivity index (χ1) is 8.58. The van der Waals surface area contributed by atoms with Crippen molar-refractivity contribution in [2.24, 2.45) is 5.92 Å². The predicted octanol–water partition coefficient (Wildman–Crippen LogP) is 1.26. The highest BCUT2D eigenvalue weighted by Gasteiger charge is 2.40. The molecule has 2 heterocycles. The Balaban J connectivity index is 1.78. The van der Waals surface area contributed by atoms with E-state index in [1.54, 1.807) is 0 Å². The fourth-order valence-corrected chi connectivity index (χ4v) is 2.96. The second-order valence-electron chi connectivity index (χ2n) is 5.70. The molecule has 106 valence electrons. The van der Waals surface area contributed by atoms with Crippen LogP contribution < -0.4 is 5.32 Å². The molecule has 2 rings (SSSR count). The Kier molecular flexibility index (Phi) is 4.92. The van der Waals surface area contributed by atoms with Gasteiger partial charge in [0.2, 0.25) is 0 Å². The van der Waals surface area contributed by atoms with Crippen LogP contribution in [0.15, 0.2) is 0 Å². The van der Waals surface area contributed by atoms with Crippen molar-refractivity contribution in [1.82, 2.24) is 15.1 Å². The number of piperidine rings is 1. The zero-order valence-corrected chi connectivity index (χ0v) is 11.3. The summed E-state index contributed by atoms with van der Waals surface area (Å²) in [6.45, 7) is 5.71. The van der Waals surface area contributed by atoms with Gasteiger partial charge in [-0.1, -0.05) is 0 Å². The van der Waals surface area contributed by atoms with Crippen molar-refractivity contribution in [1.29, 1.82) is 0 Å². The van der Waals surface area contributed by atoms with Gasteiger partial charge in [-0.2, -0.15) is 0 Å². The fourth-order valence-electron chi connectivity index (χ4n) is 2.96. The third-order valence-corrected chi connectivity index (χ3v) is 4.19. The molecule has 2 fully saturated rings. The maximum atomic E-state index is 14.2. The number of likely N-dealkylation sites (tertiary alicyclic amines) is 1. The van der Waals surface area contributed by atoms with E-state index >= 15 is 0 Å². The highest BCUT2D eigenvalue weighted by atomic mass is 19.3. The molecule has 2 aliphatic rings. The molecule has 3 nitrogen and oxygen atoms in total. The second-order valence-corrected chi connectivity index (χ2v) is 5.70. The summed E-state index contributed by atoms with van der Waals surface area (Å²) in [4.78, 5) is 4.18. The van der Waals surface area contributed by atoms with Crippen LogP contribution in [0.4, 0.5) is 8.78 Å². The lowest BCUT2D eigenvalue weighted by Crippen LogP contribution is -2.47. The van der Waals surface area contributed by atoms with Crippen LogP contribution in [-0.2, 0) is 0 Å². The van der Waals surface area contributed by atoms with Crippen LogP contribution in [0.3, 0.4) is 0 Å². The molecule has 1 N–H and O–H groups in total. The van der Waals surface area contributed by atoms with Gasteiger partial charge >= 0.3 is 0 Å². The molecule has 1 atom stereocenters. The molecule has 2 saturated heterocycles. The minimum absolute atomic E-state index is 0.0194. The van der Waals surface area contributed by atoms with Gasteiger partial charge in [-0.15, -0.1) is 0 Å². The quantitative estimate of drug-likeness (QED) is 0.822. The lowest BCUT2D eigenvalue weighted by molar-refractivity contribution is -0.0903. The van der Waals surface area contributed by atoms with E-state index in [9.17, 15) is 8.78 Å². The van der Waals surface area contributed by atoms with Crippen molar-refractivity contribution in [2.75, 3.05) is 52.9 Å². The van der Waals surface area contributed by atoms with Crippen molar-refractivity contribution in [3.05, 3.63) is 0 Å². The first-order valence-electron chi connectivity index (χ1n) is 7.07. The molecule has 0 spiro atoms. The number of piperazine rings is 1. The Hall–Kier alpha value is -0.260. The lowest BCUT2D eigenvalue weighted by Gasteiger charge is -2.36. The molecule has 18 heavy (non-hydrogen) atoms. The van der Waals surface area contributed by atoms with Crippen LogP contribution in [0.1, 0.15) is 19.3 Å². The van der Waals surface area contributed by atoms with Crippen LogP contribution in [-0.4, -0.2) is 68.6 Å². The van der Waals surface area contributed by atoms with E-state index < -0.39 is 11.8 Å². The summed E-state index contributed by atoms with van der Waals surface area (Å²) in [5, 5.41) is 3.25. The Bertz CT molecular complexity index is 255. The Morgan fingerprint density at radius 3 is 2.61 bits per heavy atom. The van der Waals surface area contributed by atoms with E-state index in [1.165, 1.54) is 0 Å². The highest BCUT2D eigenvalue weighted by Crippen LogP contribution is 2.34. The van der Waals surface area contributed by atoms with Crippen molar-refractivity contribution in [2.45, 2.75) is 25.2 Å². The minimum Gasteiger partial charge on any atom is -0.314 e. The van der Waals surface area contributed by atoms with E-state index in [4.69, 9.17) is 0 Å². The molecule has 5 heteroatoms. The van der Waals surface area contributed by atoms with Crippen LogP contribution in [0.5, 0.6) is 0 Å². The van der Waals surface area contributed by atoms with Gasteiger partial charge in [-0.25, -0.2) is 8.78 Å². The van der Waals surface area contributed by atoms with Crippen molar-refractivity contribution < 1.29 is 8.78 Å². The molecule has 0 amide bonds. The summed E-state index contributed by atoms with van der Waals surface area (Å²) in [5.41, 5.74) is 0. The van der Waals surface area contributed by atoms with Gasteiger partial charge in [0, 0.05) is 51.6 Å². The summed E-state index contributed by atoms with van der Waals surface area (Å²) in [6.07, 6.45) is 1.61. The topological polar surface area (TPSA) is 18.5 Å². The summed E-state index contributed by atoms with van der Waals surface area (Å²) >= 11 is 0. The number of hydrogen-bond donors (Lipinski definition) is 1. The van der Waals surface area contributed by atoms with E-state index in [0.29, 0.717) is 19.5 Å². The average molecular weight is 261 g/mol. The maximum absolute atomic E-state index is 14.2. The second kappa shape index (κ2) is 6.26. The molecule has 0 radical (unpaired) electrons. The smallest absolute Gasteiger partial charge is 0.253 e. The maximum Gasteiger partial charge on any atom is 0.253 e. The monoisotopic (exact) mass is 261 g/mol. The summed E-state index contributed by atoms with van der Waals surface area (Å²) in [5.74, 6) is -2.95. The number of hydrogen-bond acceptors (Lipinski definition) is 3. The van der Waals surface area contributed by atoms with E-state index in [1.807, 2.05) is 11.9 Å². The Morgan fingerprint density at radius 1 is 1.22 bits per heavy atom. The van der Waals surface area contributed by atoms with Gasteiger partial charge < -0.3 is 15.1 Å². The average Bonchev–Trinajstić information content (AvgIpc) is 2.38. The van der Waals surface area contributed by atoms with Gasteiger partial charge in [0.05, 0.1) is 0 Å². The molecule has 0 aromatic rings.